The molecular formula is C13H13N3O4. The minimum Gasteiger partial charge on any atom is -0.487 e. The van der Waals surface area contributed by atoms with Crippen LogP contribution in [0.4, 0.5) is 5.69 Å². The number of hydrogen-bond donors (Lipinski definition) is 0. The van der Waals surface area contributed by atoms with E-state index < -0.39 is 4.92 Å². The van der Waals surface area contributed by atoms with Gasteiger partial charge in [0.25, 0.3) is 0 Å². The minimum absolute atomic E-state index is 0.116. The van der Waals surface area contributed by atoms with Gasteiger partial charge >= 0.3 is 5.69 Å². The summed E-state index contributed by atoms with van der Waals surface area (Å²) in [6.45, 7) is 1.03. The molecule has 0 saturated heterocycles. The molecule has 1 aromatic carbocycles. The maximum atomic E-state index is 10.9. The molecule has 0 amide bonds. The Balaban J connectivity index is 1.96. The molecule has 104 valence electrons. The number of benzene rings is 1. The van der Waals surface area contributed by atoms with Gasteiger partial charge in [-0.25, -0.2) is 4.98 Å². The largest absolute Gasteiger partial charge is 0.487 e. The van der Waals surface area contributed by atoms with Crippen molar-refractivity contribution in [3.63, 3.8) is 0 Å². The third-order valence-corrected chi connectivity index (χ3v) is 2.69. The van der Waals surface area contributed by atoms with Crippen molar-refractivity contribution in [1.29, 1.82) is 0 Å². The fourth-order valence-corrected chi connectivity index (χ4v) is 1.72. The SMILES string of the molecule is O=Cc1ccc([N+](=O)[O-])c(OCCCn2ccnc2)c1. The Morgan fingerprint density at radius 2 is 2.30 bits per heavy atom. The lowest BCUT2D eigenvalue weighted by atomic mass is 10.2. The van der Waals surface area contributed by atoms with Crippen molar-refractivity contribution in [1.82, 2.24) is 9.55 Å². The van der Waals surface area contributed by atoms with Gasteiger partial charge in [-0.2, -0.15) is 0 Å². The Kier molecular flexibility index (Phi) is 4.43. The second-order valence-corrected chi connectivity index (χ2v) is 4.10. The number of nitro benzene ring substituents is 1. The van der Waals surface area contributed by atoms with Crippen molar-refractivity contribution in [2.75, 3.05) is 6.61 Å². The van der Waals surface area contributed by atoms with E-state index in [0.29, 0.717) is 31.4 Å². The first kappa shape index (κ1) is 13.7. The van der Waals surface area contributed by atoms with Crippen molar-refractivity contribution in [3.8, 4) is 5.75 Å². The van der Waals surface area contributed by atoms with Gasteiger partial charge in [0.2, 0.25) is 0 Å². The number of nitro groups is 1. The number of aldehydes is 1. The van der Waals surface area contributed by atoms with Crippen LogP contribution in [0.15, 0.2) is 36.9 Å². The highest BCUT2D eigenvalue weighted by atomic mass is 16.6. The van der Waals surface area contributed by atoms with E-state index in [1.807, 2.05) is 10.8 Å². The Morgan fingerprint density at radius 3 is 2.95 bits per heavy atom. The van der Waals surface area contributed by atoms with Crippen LogP contribution in [0.1, 0.15) is 16.8 Å². The van der Waals surface area contributed by atoms with Crippen LogP contribution in [-0.2, 0) is 6.54 Å². The lowest BCUT2D eigenvalue weighted by Gasteiger charge is -2.07. The number of aryl methyl sites for hydroxylation is 1. The monoisotopic (exact) mass is 275 g/mol. The number of hydrogen-bond acceptors (Lipinski definition) is 5. The molecule has 1 aromatic heterocycles. The maximum absolute atomic E-state index is 10.9. The molecule has 0 spiro atoms. The summed E-state index contributed by atoms with van der Waals surface area (Å²) >= 11 is 0. The molecule has 2 rings (SSSR count). The number of carbonyl (C=O) groups excluding carboxylic acids is 1. The van der Waals surface area contributed by atoms with Gasteiger partial charge in [-0.05, 0) is 18.6 Å². The number of carbonyl (C=O) groups is 1. The van der Waals surface area contributed by atoms with Gasteiger partial charge in [0.1, 0.15) is 6.29 Å². The number of ether oxygens (including phenoxy) is 1. The Bertz CT molecular complexity index is 596. The first-order valence-electron chi connectivity index (χ1n) is 6.03. The molecule has 0 bridgehead atoms. The van der Waals surface area contributed by atoms with Gasteiger partial charge in [0.15, 0.2) is 5.75 Å². The highest BCUT2D eigenvalue weighted by molar-refractivity contribution is 5.76. The number of aromatic nitrogens is 2. The molecule has 7 nitrogen and oxygen atoms in total. The molecule has 0 radical (unpaired) electrons. The second kappa shape index (κ2) is 6.46. The first-order chi connectivity index (χ1) is 9.70. The molecular weight excluding hydrogens is 262 g/mol. The molecule has 0 aliphatic carbocycles. The minimum atomic E-state index is -0.528. The van der Waals surface area contributed by atoms with Crippen molar-refractivity contribution in [3.05, 3.63) is 52.6 Å². The lowest BCUT2D eigenvalue weighted by Crippen LogP contribution is -2.05. The first-order valence-corrected chi connectivity index (χ1v) is 6.03. The van der Waals surface area contributed by atoms with Crippen LogP contribution >= 0.6 is 0 Å². The molecule has 20 heavy (non-hydrogen) atoms. The standard InChI is InChI=1S/C13H13N3O4/c17-9-11-2-3-12(16(18)19)13(8-11)20-7-1-5-15-6-4-14-10-15/h2-4,6,8-10H,1,5,7H2. The van der Waals surface area contributed by atoms with E-state index >= 15 is 0 Å². The fraction of sp³-hybridized carbons (Fsp3) is 0.231. The zero-order valence-corrected chi connectivity index (χ0v) is 10.6. The normalized spacial score (nSPS) is 10.2. The summed E-state index contributed by atoms with van der Waals surface area (Å²) in [7, 11) is 0. The summed E-state index contributed by atoms with van der Waals surface area (Å²) in [6, 6.07) is 4.04. The van der Waals surface area contributed by atoms with Gasteiger partial charge in [-0.1, -0.05) is 0 Å². The average molecular weight is 275 g/mol. The van der Waals surface area contributed by atoms with E-state index in [1.54, 1.807) is 12.5 Å². The Morgan fingerprint density at radius 1 is 1.45 bits per heavy atom. The van der Waals surface area contributed by atoms with Gasteiger partial charge in [-0.15, -0.1) is 0 Å². The average Bonchev–Trinajstić information content (AvgIpc) is 2.96. The van der Waals surface area contributed by atoms with Gasteiger partial charge in [0.05, 0.1) is 17.9 Å². The van der Waals surface area contributed by atoms with E-state index in [2.05, 4.69) is 4.98 Å². The number of rotatable bonds is 7. The van der Waals surface area contributed by atoms with E-state index in [0.717, 1.165) is 0 Å². The third-order valence-electron chi connectivity index (χ3n) is 2.69. The molecule has 0 fully saturated rings. The zero-order chi connectivity index (χ0) is 14.4. The molecule has 7 heteroatoms. The molecule has 1 heterocycles. The predicted molar refractivity (Wildman–Crippen MR) is 70.8 cm³/mol. The smallest absolute Gasteiger partial charge is 0.310 e. The fourth-order valence-electron chi connectivity index (χ4n) is 1.72. The quantitative estimate of drug-likeness (QED) is 0.334. The molecule has 2 aromatic rings. The highest BCUT2D eigenvalue weighted by Gasteiger charge is 2.15. The van der Waals surface area contributed by atoms with Crippen LogP contribution in [0.25, 0.3) is 0 Å². The van der Waals surface area contributed by atoms with Crippen molar-refractivity contribution >= 4 is 12.0 Å². The number of nitrogens with zero attached hydrogens (tertiary/aromatic N) is 3. The van der Waals surface area contributed by atoms with Gasteiger partial charge in [-0.3, -0.25) is 14.9 Å². The lowest BCUT2D eigenvalue weighted by molar-refractivity contribution is -0.385. The molecule has 0 aliphatic rings. The maximum Gasteiger partial charge on any atom is 0.310 e. The van der Waals surface area contributed by atoms with Crippen molar-refractivity contribution < 1.29 is 14.5 Å². The van der Waals surface area contributed by atoms with E-state index in [1.165, 1.54) is 18.2 Å². The second-order valence-electron chi connectivity index (χ2n) is 4.10. The highest BCUT2D eigenvalue weighted by Crippen LogP contribution is 2.27. The van der Waals surface area contributed by atoms with E-state index in [4.69, 9.17) is 4.74 Å². The van der Waals surface area contributed by atoms with E-state index in [9.17, 15) is 14.9 Å². The molecule has 0 N–H and O–H groups in total. The zero-order valence-electron chi connectivity index (χ0n) is 10.6. The Labute approximate surface area is 115 Å². The molecule has 0 atom stereocenters. The summed E-state index contributed by atoms with van der Waals surface area (Å²) in [6.07, 6.45) is 6.51. The van der Waals surface area contributed by atoms with Crippen molar-refractivity contribution in [2.45, 2.75) is 13.0 Å². The van der Waals surface area contributed by atoms with Crippen LogP contribution < -0.4 is 4.74 Å². The summed E-state index contributed by atoms with van der Waals surface area (Å²) in [4.78, 5) is 24.9. The predicted octanol–water partition coefficient (Wildman–Crippen LogP) is 2.07. The number of imidazole rings is 1. The Hall–Kier alpha value is -2.70. The van der Waals surface area contributed by atoms with Crippen LogP contribution in [0.2, 0.25) is 0 Å². The molecule has 0 saturated carbocycles. The van der Waals surface area contributed by atoms with Crippen LogP contribution in [0.3, 0.4) is 0 Å². The molecule has 0 unspecified atom stereocenters. The van der Waals surface area contributed by atoms with Crippen LogP contribution in [0, 0.1) is 10.1 Å². The topological polar surface area (TPSA) is 87.3 Å². The van der Waals surface area contributed by atoms with Crippen molar-refractivity contribution in [2.24, 2.45) is 0 Å². The van der Waals surface area contributed by atoms with E-state index in [-0.39, 0.29) is 11.4 Å². The van der Waals surface area contributed by atoms with Gasteiger partial charge < -0.3 is 9.30 Å². The van der Waals surface area contributed by atoms with Crippen LogP contribution in [0.5, 0.6) is 5.75 Å². The summed E-state index contributed by atoms with van der Waals surface area (Å²) in [5.74, 6) is 0.116. The van der Waals surface area contributed by atoms with Crippen LogP contribution in [-0.4, -0.2) is 27.4 Å². The summed E-state index contributed by atoms with van der Waals surface area (Å²) < 4.78 is 7.29. The summed E-state index contributed by atoms with van der Waals surface area (Å²) in [5.41, 5.74) is 0.207. The van der Waals surface area contributed by atoms with Gasteiger partial charge in [0, 0.05) is 30.6 Å². The molecule has 0 aliphatic heterocycles. The summed E-state index contributed by atoms with van der Waals surface area (Å²) in [5, 5.41) is 10.9. The third kappa shape index (κ3) is 3.41.